The standard InChI is InChI=1S/C12H15NO4/c14-11(4-3-10-2-1-6-17-10)13-8-12(15)5-7-16-9-12/h1-4,6,15H,5,7-9H2,(H,13,14)/b4-3+. The number of carbonyl (C=O) groups is 1. The van der Waals surface area contributed by atoms with Crippen molar-refractivity contribution in [2.45, 2.75) is 12.0 Å². The summed E-state index contributed by atoms with van der Waals surface area (Å²) < 4.78 is 10.1. The van der Waals surface area contributed by atoms with Gasteiger partial charge in [-0.2, -0.15) is 0 Å². The third-order valence-electron chi connectivity index (χ3n) is 2.62. The molecule has 2 N–H and O–H groups in total. The smallest absolute Gasteiger partial charge is 0.244 e. The minimum Gasteiger partial charge on any atom is -0.465 e. The normalized spacial score (nSPS) is 24.3. The Bertz CT molecular complexity index is 391. The Kier molecular flexibility index (Phi) is 3.61. The number of aliphatic hydroxyl groups is 1. The molecule has 17 heavy (non-hydrogen) atoms. The van der Waals surface area contributed by atoms with Crippen molar-refractivity contribution in [2.24, 2.45) is 0 Å². The lowest BCUT2D eigenvalue weighted by Gasteiger charge is -2.19. The van der Waals surface area contributed by atoms with Crippen LogP contribution in [0.5, 0.6) is 0 Å². The maximum atomic E-state index is 11.4. The van der Waals surface area contributed by atoms with Gasteiger partial charge in [-0.1, -0.05) is 0 Å². The van der Waals surface area contributed by atoms with Gasteiger partial charge in [0.05, 0.1) is 12.9 Å². The number of nitrogens with one attached hydrogen (secondary N) is 1. The number of ether oxygens (including phenoxy) is 1. The Balaban J connectivity index is 1.78. The summed E-state index contributed by atoms with van der Waals surface area (Å²) in [5.41, 5.74) is -0.922. The van der Waals surface area contributed by atoms with Gasteiger partial charge in [-0.15, -0.1) is 0 Å². The Hall–Kier alpha value is -1.59. The van der Waals surface area contributed by atoms with E-state index in [1.165, 1.54) is 12.3 Å². The second kappa shape index (κ2) is 5.16. The molecule has 1 aromatic heterocycles. The third-order valence-corrected chi connectivity index (χ3v) is 2.62. The molecule has 0 saturated carbocycles. The van der Waals surface area contributed by atoms with Crippen molar-refractivity contribution in [2.75, 3.05) is 19.8 Å². The van der Waals surface area contributed by atoms with Gasteiger partial charge in [-0.3, -0.25) is 4.79 Å². The van der Waals surface area contributed by atoms with Gasteiger partial charge in [0.2, 0.25) is 5.91 Å². The number of rotatable bonds is 4. The van der Waals surface area contributed by atoms with Crippen LogP contribution < -0.4 is 5.32 Å². The van der Waals surface area contributed by atoms with Gasteiger partial charge in [0, 0.05) is 25.6 Å². The number of amides is 1. The lowest BCUT2D eigenvalue weighted by Crippen LogP contribution is -2.42. The topological polar surface area (TPSA) is 71.7 Å². The molecule has 2 rings (SSSR count). The molecule has 0 bridgehead atoms. The molecule has 1 aliphatic rings. The first-order chi connectivity index (χ1) is 8.18. The fourth-order valence-electron chi connectivity index (χ4n) is 1.59. The summed E-state index contributed by atoms with van der Waals surface area (Å²) >= 11 is 0. The van der Waals surface area contributed by atoms with Crippen molar-refractivity contribution in [3.8, 4) is 0 Å². The lowest BCUT2D eigenvalue weighted by atomic mass is 10.0. The average molecular weight is 237 g/mol. The van der Waals surface area contributed by atoms with E-state index in [4.69, 9.17) is 9.15 Å². The fourth-order valence-corrected chi connectivity index (χ4v) is 1.59. The number of hydrogen-bond acceptors (Lipinski definition) is 4. The van der Waals surface area contributed by atoms with E-state index in [0.717, 1.165) is 0 Å². The van der Waals surface area contributed by atoms with E-state index in [9.17, 15) is 9.90 Å². The lowest BCUT2D eigenvalue weighted by molar-refractivity contribution is -0.117. The molecule has 92 valence electrons. The van der Waals surface area contributed by atoms with Gasteiger partial charge >= 0.3 is 0 Å². The monoisotopic (exact) mass is 237 g/mol. The molecule has 1 saturated heterocycles. The predicted molar refractivity (Wildman–Crippen MR) is 61.1 cm³/mol. The van der Waals surface area contributed by atoms with Crippen molar-refractivity contribution in [3.63, 3.8) is 0 Å². The molecule has 0 radical (unpaired) electrons. The number of furan rings is 1. The van der Waals surface area contributed by atoms with Crippen molar-refractivity contribution in [1.82, 2.24) is 5.32 Å². The zero-order valence-electron chi connectivity index (χ0n) is 9.39. The molecule has 1 aliphatic heterocycles. The summed E-state index contributed by atoms with van der Waals surface area (Å²) in [5.74, 6) is 0.352. The van der Waals surface area contributed by atoms with E-state index in [0.29, 0.717) is 18.8 Å². The van der Waals surface area contributed by atoms with Gasteiger partial charge in [0.1, 0.15) is 11.4 Å². The molecule has 1 amide bonds. The summed E-state index contributed by atoms with van der Waals surface area (Å²) in [6, 6.07) is 3.50. The first-order valence-electron chi connectivity index (χ1n) is 5.48. The quantitative estimate of drug-likeness (QED) is 0.751. The Labute approximate surface area is 99.1 Å². The summed E-state index contributed by atoms with van der Waals surface area (Å²) in [7, 11) is 0. The summed E-state index contributed by atoms with van der Waals surface area (Å²) in [6.07, 6.45) is 5.04. The molecule has 2 heterocycles. The van der Waals surface area contributed by atoms with Crippen LogP contribution in [0.1, 0.15) is 12.2 Å². The van der Waals surface area contributed by atoms with Crippen LogP contribution >= 0.6 is 0 Å². The van der Waals surface area contributed by atoms with Crippen LogP contribution in [0.2, 0.25) is 0 Å². The molecule has 5 nitrogen and oxygen atoms in total. The second-order valence-electron chi connectivity index (χ2n) is 4.09. The average Bonchev–Trinajstić information content (AvgIpc) is 2.95. The van der Waals surface area contributed by atoms with Crippen molar-refractivity contribution in [3.05, 3.63) is 30.2 Å². The summed E-state index contributed by atoms with van der Waals surface area (Å²) in [4.78, 5) is 11.4. The highest BCUT2D eigenvalue weighted by atomic mass is 16.5. The zero-order chi connectivity index (χ0) is 12.1. The molecule has 0 spiro atoms. The molecule has 5 heteroatoms. The first-order valence-corrected chi connectivity index (χ1v) is 5.48. The van der Waals surface area contributed by atoms with Crippen LogP contribution in [0.4, 0.5) is 0 Å². The molecule has 1 atom stereocenters. The highest BCUT2D eigenvalue weighted by Crippen LogP contribution is 2.16. The van der Waals surface area contributed by atoms with Crippen molar-refractivity contribution < 1.29 is 19.1 Å². The van der Waals surface area contributed by atoms with E-state index in [1.54, 1.807) is 18.2 Å². The van der Waals surface area contributed by atoms with Crippen LogP contribution in [-0.2, 0) is 9.53 Å². The minimum absolute atomic E-state index is 0.203. The van der Waals surface area contributed by atoms with Crippen LogP contribution in [0, 0.1) is 0 Å². The van der Waals surface area contributed by atoms with Gasteiger partial charge in [0.15, 0.2) is 0 Å². The third kappa shape index (κ3) is 3.44. The van der Waals surface area contributed by atoms with E-state index in [1.807, 2.05) is 0 Å². The molecule has 0 aliphatic carbocycles. The molecule has 0 aromatic carbocycles. The Morgan fingerprint density at radius 1 is 1.65 bits per heavy atom. The molecule has 1 aromatic rings. The molecular formula is C12H15NO4. The highest BCUT2D eigenvalue weighted by Gasteiger charge is 2.32. The van der Waals surface area contributed by atoms with Crippen LogP contribution in [-0.4, -0.2) is 36.4 Å². The van der Waals surface area contributed by atoms with E-state index < -0.39 is 5.60 Å². The van der Waals surface area contributed by atoms with Crippen LogP contribution in [0.3, 0.4) is 0 Å². The SMILES string of the molecule is O=C(/C=C/c1ccco1)NCC1(O)CCOC1. The van der Waals surface area contributed by atoms with Gasteiger partial charge in [-0.25, -0.2) is 0 Å². The fraction of sp³-hybridized carbons (Fsp3) is 0.417. The van der Waals surface area contributed by atoms with E-state index in [2.05, 4.69) is 5.32 Å². The Morgan fingerprint density at radius 2 is 2.53 bits per heavy atom. The number of carbonyl (C=O) groups excluding carboxylic acids is 1. The molecular weight excluding hydrogens is 222 g/mol. The second-order valence-corrected chi connectivity index (χ2v) is 4.09. The van der Waals surface area contributed by atoms with Crippen molar-refractivity contribution in [1.29, 1.82) is 0 Å². The minimum atomic E-state index is -0.922. The Morgan fingerprint density at radius 3 is 3.18 bits per heavy atom. The van der Waals surface area contributed by atoms with Crippen molar-refractivity contribution >= 4 is 12.0 Å². The number of hydrogen-bond donors (Lipinski definition) is 2. The highest BCUT2D eigenvalue weighted by molar-refractivity contribution is 5.91. The van der Waals surface area contributed by atoms with Crippen LogP contribution in [0.25, 0.3) is 6.08 Å². The first kappa shape index (κ1) is 11.9. The summed E-state index contributed by atoms with van der Waals surface area (Å²) in [5, 5.41) is 12.5. The zero-order valence-corrected chi connectivity index (χ0v) is 9.39. The maximum Gasteiger partial charge on any atom is 0.244 e. The van der Waals surface area contributed by atoms with Gasteiger partial charge in [0.25, 0.3) is 0 Å². The van der Waals surface area contributed by atoms with E-state index >= 15 is 0 Å². The van der Waals surface area contributed by atoms with Gasteiger partial charge < -0.3 is 19.6 Å². The van der Waals surface area contributed by atoms with E-state index in [-0.39, 0.29) is 19.1 Å². The van der Waals surface area contributed by atoms with Gasteiger partial charge in [-0.05, 0) is 18.2 Å². The molecule has 1 unspecified atom stereocenters. The summed E-state index contributed by atoms with van der Waals surface area (Å²) in [6.45, 7) is 1.01. The maximum absolute atomic E-state index is 11.4. The predicted octanol–water partition coefficient (Wildman–Crippen LogP) is 0.560. The molecule has 1 fully saturated rings. The van der Waals surface area contributed by atoms with Crippen LogP contribution in [0.15, 0.2) is 28.9 Å². The largest absolute Gasteiger partial charge is 0.465 e.